The topological polar surface area (TPSA) is 0 Å². The van der Waals surface area contributed by atoms with Gasteiger partial charge in [-0.15, -0.1) is 0 Å². The van der Waals surface area contributed by atoms with Crippen LogP contribution in [0.5, 0.6) is 0 Å². The van der Waals surface area contributed by atoms with E-state index < -0.39 is 0 Å². The lowest BCUT2D eigenvalue weighted by molar-refractivity contribution is 1.18. The normalized spacial score (nSPS) is 7.97. The van der Waals surface area contributed by atoms with Crippen molar-refractivity contribution in [2.24, 2.45) is 0 Å². The van der Waals surface area contributed by atoms with Crippen LogP contribution in [0.3, 0.4) is 0 Å². The van der Waals surface area contributed by atoms with Crippen LogP contribution in [0.4, 0.5) is 0 Å². The Morgan fingerprint density at radius 3 is 0.867 bits per heavy atom. The van der Waals surface area contributed by atoms with Crippen LogP contribution < -0.4 is 0 Å². The van der Waals surface area contributed by atoms with Crippen LogP contribution >= 0.6 is 0 Å². The molecule has 30 heavy (non-hydrogen) atoms. The monoisotopic (exact) mass is 408 g/mol. The van der Waals surface area contributed by atoms with Crippen LogP contribution in [0, 0.1) is 20.8 Å². The van der Waals surface area contributed by atoms with E-state index in [-0.39, 0.29) is 0 Å². The Hall–Kier alpha value is -2.34. The Morgan fingerprint density at radius 1 is 0.367 bits per heavy atom. The second-order valence-corrected chi connectivity index (χ2v) is 5.80. The minimum absolute atomic E-state index is 1.03. The van der Waals surface area contributed by atoms with E-state index in [9.17, 15) is 0 Å². The first-order chi connectivity index (χ1) is 14.6. The zero-order chi connectivity index (χ0) is 23.8. The van der Waals surface area contributed by atoms with E-state index in [1.807, 2.05) is 73.6 Å². The molecule has 0 N–H and O–H groups in total. The Balaban J connectivity index is -0.000000409. The smallest absolute Gasteiger partial charge is 0.00258 e. The highest BCUT2D eigenvalue weighted by Gasteiger charge is 1.95. The first kappa shape index (κ1) is 32.3. The van der Waals surface area contributed by atoms with Gasteiger partial charge >= 0.3 is 0 Å². The molecule has 0 aliphatic carbocycles. The lowest BCUT2D eigenvalue weighted by Gasteiger charge is -2.03. The van der Waals surface area contributed by atoms with Gasteiger partial charge in [-0.05, 0) is 38.3 Å². The molecule has 0 atom stereocenters. The van der Waals surface area contributed by atoms with Gasteiger partial charge in [0, 0.05) is 0 Å². The van der Waals surface area contributed by atoms with Crippen molar-refractivity contribution in [3.8, 4) is 0 Å². The highest BCUT2D eigenvalue weighted by atomic mass is 14.0. The van der Waals surface area contributed by atoms with E-state index >= 15 is 0 Å². The molecule has 0 heteroatoms. The van der Waals surface area contributed by atoms with Gasteiger partial charge in [0.2, 0.25) is 0 Å². The predicted molar refractivity (Wildman–Crippen MR) is 142 cm³/mol. The van der Waals surface area contributed by atoms with Crippen LogP contribution in [-0.2, 0) is 6.42 Å². The third-order valence-electron chi connectivity index (χ3n) is 3.59. The summed E-state index contributed by atoms with van der Waals surface area (Å²) in [5.41, 5.74) is 6.72. The number of hydrogen-bond acceptors (Lipinski definition) is 0. The molecule has 0 nitrogen and oxygen atoms in total. The summed E-state index contributed by atoms with van der Waals surface area (Å²) in [7, 11) is 0. The highest BCUT2D eigenvalue weighted by molar-refractivity contribution is 5.29. The maximum Gasteiger partial charge on any atom is -0.00258 e. The molecule has 0 saturated carbocycles. The van der Waals surface area contributed by atoms with Gasteiger partial charge in [-0.3, -0.25) is 0 Å². The van der Waals surface area contributed by atoms with Crippen molar-refractivity contribution in [3.63, 3.8) is 0 Å². The Labute approximate surface area is 189 Å². The zero-order valence-electron chi connectivity index (χ0n) is 21.7. The third kappa shape index (κ3) is 17.7. The molecule has 0 bridgehead atoms. The average molecular weight is 409 g/mol. The van der Waals surface area contributed by atoms with Crippen molar-refractivity contribution in [2.75, 3.05) is 0 Å². The van der Waals surface area contributed by atoms with Gasteiger partial charge in [-0.1, -0.05) is 151 Å². The second kappa shape index (κ2) is 24.7. The zero-order valence-corrected chi connectivity index (χ0v) is 21.7. The van der Waals surface area contributed by atoms with Gasteiger partial charge in [0.1, 0.15) is 0 Å². The quantitative estimate of drug-likeness (QED) is 0.395. The summed E-state index contributed by atoms with van der Waals surface area (Å²) in [6.45, 7) is 22.3. The standard InChI is InChI=1S/C15H16.C7H8.4C2H6/c1-12-3-7-14(8-4-12)11-15-9-5-13(2)6-10-15;1-7-5-3-2-4-6-7;4*1-2/h3-10H,11H2,1-2H3;2-6H,1H3;4*1-2H3. The number of benzene rings is 3. The molecule has 0 unspecified atom stereocenters. The predicted octanol–water partition coefficient (Wildman–Crippen LogP) is 9.99. The van der Waals surface area contributed by atoms with Crippen molar-refractivity contribution >= 4 is 0 Å². The Kier molecular flexibility index (Phi) is 26.6. The summed E-state index contributed by atoms with van der Waals surface area (Å²) in [4.78, 5) is 0. The van der Waals surface area contributed by atoms with Crippen LogP contribution in [0.25, 0.3) is 0 Å². The molecule has 3 aromatic carbocycles. The number of rotatable bonds is 2. The number of hydrogen-bond donors (Lipinski definition) is 0. The molecule has 0 aliphatic rings. The van der Waals surface area contributed by atoms with Crippen LogP contribution in [0.2, 0.25) is 0 Å². The molecule has 0 amide bonds. The lowest BCUT2D eigenvalue weighted by Crippen LogP contribution is -1.88. The van der Waals surface area contributed by atoms with E-state index in [4.69, 9.17) is 0 Å². The summed E-state index contributed by atoms with van der Waals surface area (Å²) < 4.78 is 0. The highest BCUT2D eigenvalue weighted by Crippen LogP contribution is 2.11. The number of aryl methyl sites for hydroxylation is 3. The van der Waals surface area contributed by atoms with Crippen molar-refractivity contribution in [1.82, 2.24) is 0 Å². The van der Waals surface area contributed by atoms with Crippen molar-refractivity contribution in [2.45, 2.75) is 82.6 Å². The maximum absolute atomic E-state index is 2.20. The summed E-state index contributed by atoms with van der Waals surface area (Å²) in [5.74, 6) is 0. The van der Waals surface area contributed by atoms with Gasteiger partial charge in [-0.2, -0.15) is 0 Å². The maximum atomic E-state index is 2.20. The fraction of sp³-hybridized carbons (Fsp3) is 0.400. The summed E-state index contributed by atoms with van der Waals surface area (Å²) in [6.07, 6.45) is 1.03. The Morgan fingerprint density at radius 2 is 0.633 bits per heavy atom. The van der Waals surface area contributed by atoms with E-state index in [2.05, 4.69) is 81.4 Å². The summed E-state index contributed by atoms with van der Waals surface area (Å²) >= 11 is 0. The van der Waals surface area contributed by atoms with E-state index in [1.165, 1.54) is 27.8 Å². The van der Waals surface area contributed by atoms with Crippen LogP contribution in [-0.4, -0.2) is 0 Å². The van der Waals surface area contributed by atoms with Crippen molar-refractivity contribution in [1.29, 1.82) is 0 Å². The molecule has 0 spiro atoms. The molecule has 168 valence electrons. The molecule has 3 rings (SSSR count). The van der Waals surface area contributed by atoms with Crippen LogP contribution in [0.1, 0.15) is 83.2 Å². The van der Waals surface area contributed by atoms with Gasteiger partial charge in [0.05, 0.1) is 0 Å². The first-order valence-electron chi connectivity index (χ1n) is 11.8. The van der Waals surface area contributed by atoms with Gasteiger partial charge < -0.3 is 0 Å². The fourth-order valence-corrected chi connectivity index (χ4v) is 2.18. The lowest BCUT2D eigenvalue weighted by atomic mass is 10.0. The summed E-state index contributed by atoms with van der Waals surface area (Å²) in [6, 6.07) is 27.8. The van der Waals surface area contributed by atoms with E-state index in [0.717, 1.165) is 6.42 Å². The van der Waals surface area contributed by atoms with Crippen molar-refractivity contribution < 1.29 is 0 Å². The average Bonchev–Trinajstić information content (AvgIpc) is 2.83. The molecule has 0 aliphatic heterocycles. The van der Waals surface area contributed by atoms with Gasteiger partial charge in [-0.25, -0.2) is 0 Å². The molecule has 3 aromatic rings. The van der Waals surface area contributed by atoms with Crippen molar-refractivity contribution in [3.05, 3.63) is 107 Å². The molecule has 0 radical (unpaired) electrons. The molecular weight excluding hydrogens is 360 g/mol. The van der Waals surface area contributed by atoms with Gasteiger partial charge in [0.15, 0.2) is 0 Å². The van der Waals surface area contributed by atoms with E-state index in [0.29, 0.717) is 0 Å². The third-order valence-corrected chi connectivity index (χ3v) is 3.59. The Bertz CT molecular complexity index is 618. The molecular formula is C30H48. The largest absolute Gasteiger partial charge is 0.0683 e. The fourth-order valence-electron chi connectivity index (χ4n) is 2.18. The van der Waals surface area contributed by atoms with Crippen LogP contribution in [0.15, 0.2) is 78.9 Å². The molecule has 0 heterocycles. The molecule has 0 fully saturated rings. The first-order valence-corrected chi connectivity index (χ1v) is 11.8. The molecule has 0 aromatic heterocycles. The van der Waals surface area contributed by atoms with E-state index in [1.54, 1.807) is 0 Å². The minimum atomic E-state index is 1.03. The SMILES string of the molecule is CC.CC.CC.CC.Cc1ccc(Cc2ccc(C)cc2)cc1.Cc1ccccc1. The minimum Gasteiger partial charge on any atom is -0.0683 e. The second-order valence-electron chi connectivity index (χ2n) is 5.80. The van der Waals surface area contributed by atoms with Gasteiger partial charge in [0.25, 0.3) is 0 Å². The summed E-state index contributed by atoms with van der Waals surface area (Å²) in [5, 5.41) is 0. The molecule has 0 saturated heterocycles.